The second-order valence-electron chi connectivity index (χ2n) is 4.43. The quantitative estimate of drug-likeness (QED) is 0.765. The molecule has 0 bridgehead atoms. The summed E-state index contributed by atoms with van der Waals surface area (Å²) in [5.74, 6) is 0.632. The molecule has 1 aliphatic carbocycles. The molecule has 0 aromatic carbocycles. The van der Waals surface area contributed by atoms with Gasteiger partial charge < -0.3 is 0 Å². The van der Waals surface area contributed by atoms with Crippen LogP contribution in [0.3, 0.4) is 0 Å². The Hall–Kier alpha value is -1.09. The zero-order valence-corrected chi connectivity index (χ0v) is 10.0. The molecule has 4 heteroatoms. The van der Waals surface area contributed by atoms with Crippen molar-refractivity contribution < 1.29 is 0 Å². The molecule has 3 rings (SSSR count). The van der Waals surface area contributed by atoms with Gasteiger partial charge in [-0.3, -0.25) is 0 Å². The van der Waals surface area contributed by atoms with E-state index in [0.29, 0.717) is 11.1 Å². The molecule has 1 aliphatic rings. The predicted molar refractivity (Wildman–Crippen MR) is 64.0 cm³/mol. The topological polar surface area (TPSA) is 30.2 Å². The second-order valence-corrected chi connectivity index (χ2v) is 4.82. The van der Waals surface area contributed by atoms with Gasteiger partial charge in [-0.05, 0) is 25.3 Å². The Morgan fingerprint density at radius 3 is 2.94 bits per heavy atom. The molecule has 2 aromatic rings. The zero-order valence-electron chi connectivity index (χ0n) is 9.28. The summed E-state index contributed by atoms with van der Waals surface area (Å²) in [5.41, 5.74) is 3.09. The maximum absolute atomic E-state index is 6.21. The van der Waals surface area contributed by atoms with E-state index in [-0.39, 0.29) is 0 Å². The Morgan fingerprint density at radius 2 is 2.25 bits per heavy atom. The fraction of sp³-hybridized carbons (Fsp3) is 0.500. The molecule has 16 heavy (non-hydrogen) atoms. The first-order valence-corrected chi connectivity index (χ1v) is 6.21. The lowest BCUT2D eigenvalue weighted by Gasteiger charge is -2.00. The number of aromatic nitrogens is 3. The summed E-state index contributed by atoms with van der Waals surface area (Å²) in [4.78, 5) is 4.62. The lowest BCUT2D eigenvalue weighted by atomic mass is 10.2. The van der Waals surface area contributed by atoms with Gasteiger partial charge in [-0.2, -0.15) is 5.10 Å². The largest absolute Gasteiger partial charge is 0.233 e. The molecule has 0 unspecified atom stereocenters. The molecule has 1 saturated carbocycles. The standard InChI is InChI=1S/C12H14ClN3/c1-2-3-9-6-12-14-10(8-4-5-8)7-11(13)16(12)15-9/h6-8H,2-5H2,1H3. The highest BCUT2D eigenvalue weighted by molar-refractivity contribution is 6.29. The number of hydrogen-bond acceptors (Lipinski definition) is 2. The predicted octanol–water partition coefficient (Wildman–Crippen LogP) is 3.21. The SMILES string of the molecule is CCCc1cc2nc(C3CC3)cc(Cl)n2n1. The molecular weight excluding hydrogens is 222 g/mol. The van der Waals surface area contributed by atoms with E-state index in [1.807, 2.05) is 12.1 Å². The summed E-state index contributed by atoms with van der Waals surface area (Å²) in [6, 6.07) is 4.00. The highest BCUT2D eigenvalue weighted by Gasteiger charge is 2.26. The van der Waals surface area contributed by atoms with E-state index in [0.717, 1.165) is 29.9 Å². The van der Waals surface area contributed by atoms with Crippen molar-refractivity contribution in [2.75, 3.05) is 0 Å². The van der Waals surface area contributed by atoms with Gasteiger partial charge >= 0.3 is 0 Å². The van der Waals surface area contributed by atoms with Crippen molar-refractivity contribution in [2.24, 2.45) is 0 Å². The summed E-state index contributed by atoms with van der Waals surface area (Å²) in [7, 11) is 0. The molecule has 0 N–H and O–H groups in total. The van der Waals surface area contributed by atoms with Crippen molar-refractivity contribution in [3.8, 4) is 0 Å². The molecule has 0 amide bonds. The molecule has 2 aromatic heterocycles. The van der Waals surface area contributed by atoms with Crippen LogP contribution in [-0.2, 0) is 6.42 Å². The zero-order chi connectivity index (χ0) is 11.1. The number of halogens is 1. The third-order valence-corrected chi connectivity index (χ3v) is 3.23. The lowest BCUT2D eigenvalue weighted by Crippen LogP contribution is -1.96. The van der Waals surface area contributed by atoms with Gasteiger partial charge in [0.2, 0.25) is 0 Å². The van der Waals surface area contributed by atoms with Crippen LogP contribution >= 0.6 is 11.6 Å². The van der Waals surface area contributed by atoms with E-state index >= 15 is 0 Å². The normalized spacial score (nSPS) is 15.9. The lowest BCUT2D eigenvalue weighted by molar-refractivity contribution is 0.828. The van der Waals surface area contributed by atoms with Crippen LogP contribution in [-0.4, -0.2) is 14.6 Å². The van der Waals surface area contributed by atoms with E-state index < -0.39 is 0 Å². The summed E-state index contributed by atoms with van der Waals surface area (Å²) in [6.45, 7) is 2.15. The Labute approximate surface area is 99.4 Å². The Kier molecular flexibility index (Phi) is 2.36. The number of rotatable bonds is 3. The minimum absolute atomic E-state index is 0.632. The van der Waals surface area contributed by atoms with Crippen LogP contribution in [0.4, 0.5) is 0 Å². The maximum atomic E-state index is 6.21. The first-order valence-electron chi connectivity index (χ1n) is 5.83. The number of nitrogens with zero attached hydrogens (tertiary/aromatic N) is 3. The summed E-state index contributed by atoms with van der Waals surface area (Å²) < 4.78 is 1.73. The van der Waals surface area contributed by atoms with E-state index in [2.05, 4.69) is 17.0 Å². The van der Waals surface area contributed by atoms with E-state index in [4.69, 9.17) is 11.6 Å². The summed E-state index contributed by atoms with van der Waals surface area (Å²) in [5, 5.41) is 5.12. The average molecular weight is 236 g/mol. The van der Waals surface area contributed by atoms with Gasteiger partial charge in [0.1, 0.15) is 5.15 Å². The van der Waals surface area contributed by atoms with Gasteiger partial charge in [-0.25, -0.2) is 9.50 Å². The molecular formula is C12H14ClN3. The number of hydrogen-bond donors (Lipinski definition) is 0. The molecule has 84 valence electrons. The molecule has 0 atom stereocenters. The minimum atomic E-state index is 0.632. The molecule has 3 nitrogen and oxygen atoms in total. The number of aryl methyl sites for hydroxylation is 1. The minimum Gasteiger partial charge on any atom is -0.233 e. The van der Waals surface area contributed by atoms with Crippen LogP contribution in [0.2, 0.25) is 5.15 Å². The highest BCUT2D eigenvalue weighted by Crippen LogP contribution is 2.39. The van der Waals surface area contributed by atoms with Crippen LogP contribution < -0.4 is 0 Å². The molecule has 0 radical (unpaired) electrons. The van der Waals surface area contributed by atoms with Crippen LogP contribution in [0.25, 0.3) is 5.65 Å². The van der Waals surface area contributed by atoms with Gasteiger partial charge in [0.05, 0.1) is 5.69 Å². The fourth-order valence-electron chi connectivity index (χ4n) is 1.97. The number of fused-ring (bicyclic) bond motifs is 1. The van der Waals surface area contributed by atoms with Gasteiger partial charge in [-0.1, -0.05) is 24.9 Å². The van der Waals surface area contributed by atoms with Crippen LogP contribution in [0.5, 0.6) is 0 Å². The van der Waals surface area contributed by atoms with E-state index in [1.165, 1.54) is 12.8 Å². The van der Waals surface area contributed by atoms with Crippen LogP contribution in [0.15, 0.2) is 12.1 Å². The van der Waals surface area contributed by atoms with Gasteiger partial charge in [0, 0.05) is 17.7 Å². The molecule has 0 spiro atoms. The van der Waals surface area contributed by atoms with E-state index in [9.17, 15) is 0 Å². The summed E-state index contributed by atoms with van der Waals surface area (Å²) >= 11 is 6.21. The third kappa shape index (κ3) is 1.69. The molecule has 0 aliphatic heterocycles. The van der Waals surface area contributed by atoms with Crippen molar-refractivity contribution in [3.05, 3.63) is 28.7 Å². The Morgan fingerprint density at radius 1 is 1.44 bits per heavy atom. The Bertz CT molecular complexity index is 528. The van der Waals surface area contributed by atoms with Crippen molar-refractivity contribution in [2.45, 2.75) is 38.5 Å². The van der Waals surface area contributed by atoms with Gasteiger partial charge in [0.15, 0.2) is 5.65 Å². The molecule has 1 fully saturated rings. The first-order chi connectivity index (χ1) is 7.78. The summed E-state index contributed by atoms with van der Waals surface area (Å²) in [6.07, 6.45) is 4.57. The maximum Gasteiger partial charge on any atom is 0.157 e. The van der Waals surface area contributed by atoms with Gasteiger partial charge in [0.25, 0.3) is 0 Å². The molecule has 0 saturated heterocycles. The Balaban J connectivity index is 2.10. The van der Waals surface area contributed by atoms with Crippen molar-refractivity contribution in [3.63, 3.8) is 0 Å². The van der Waals surface area contributed by atoms with Crippen molar-refractivity contribution in [1.82, 2.24) is 14.6 Å². The van der Waals surface area contributed by atoms with Crippen LogP contribution in [0.1, 0.15) is 43.5 Å². The molecule has 2 heterocycles. The van der Waals surface area contributed by atoms with Crippen molar-refractivity contribution >= 4 is 17.2 Å². The van der Waals surface area contributed by atoms with Gasteiger partial charge in [-0.15, -0.1) is 0 Å². The first kappa shape index (κ1) is 10.1. The third-order valence-electron chi connectivity index (χ3n) is 2.96. The average Bonchev–Trinajstić information content (AvgIpc) is 3.01. The van der Waals surface area contributed by atoms with Crippen molar-refractivity contribution in [1.29, 1.82) is 0 Å². The smallest absolute Gasteiger partial charge is 0.157 e. The second kappa shape index (κ2) is 3.74. The fourth-order valence-corrected chi connectivity index (χ4v) is 2.21. The monoisotopic (exact) mass is 235 g/mol. The highest BCUT2D eigenvalue weighted by atomic mass is 35.5. The van der Waals surface area contributed by atoms with Crippen LogP contribution in [0, 0.1) is 0 Å². The van der Waals surface area contributed by atoms with E-state index in [1.54, 1.807) is 4.52 Å².